The molecule has 0 saturated heterocycles. The second kappa shape index (κ2) is 11.3. The minimum absolute atomic E-state index is 0.144. The molecule has 0 spiro atoms. The lowest BCUT2D eigenvalue weighted by Gasteiger charge is -2.07. The summed E-state index contributed by atoms with van der Waals surface area (Å²) in [6, 6.07) is 17.0. The van der Waals surface area contributed by atoms with Crippen molar-refractivity contribution in [3.63, 3.8) is 0 Å². The molecule has 3 rings (SSSR count). The summed E-state index contributed by atoms with van der Waals surface area (Å²) in [7, 11) is 1.26. The van der Waals surface area contributed by atoms with Crippen molar-refractivity contribution in [2.75, 3.05) is 12.4 Å². The van der Waals surface area contributed by atoms with Gasteiger partial charge < -0.3 is 14.8 Å². The molecule has 0 unspecified atom stereocenters. The fourth-order valence-corrected chi connectivity index (χ4v) is 4.10. The van der Waals surface area contributed by atoms with E-state index >= 15 is 0 Å². The Balaban J connectivity index is 1.80. The standard InChI is InChI=1S/C27H24N2O5S/c1-16(2)23-14-22(27(32)33-4)25(35-23)29-24(30)20(15-28)12-18-6-5-7-21(13-18)34-26(31)19-10-8-17(3)9-11-19/h5-14,16H,1-4H3,(H,29,30). The van der Waals surface area contributed by atoms with Gasteiger partial charge in [0.15, 0.2) is 0 Å². The van der Waals surface area contributed by atoms with Crippen LogP contribution in [0, 0.1) is 18.3 Å². The predicted octanol–water partition coefficient (Wildman–Crippen LogP) is 5.73. The number of esters is 2. The second-order valence-electron chi connectivity index (χ2n) is 7.99. The Bertz CT molecular complexity index is 1330. The molecular weight excluding hydrogens is 464 g/mol. The molecule has 35 heavy (non-hydrogen) atoms. The number of nitrogens with zero attached hydrogens (tertiary/aromatic N) is 1. The Kier molecular flexibility index (Phi) is 8.18. The molecule has 0 aliphatic carbocycles. The minimum atomic E-state index is -0.670. The summed E-state index contributed by atoms with van der Waals surface area (Å²) in [5, 5.41) is 12.5. The molecule has 8 heteroatoms. The molecule has 178 valence electrons. The van der Waals surface area contributed by atoms with Crippen molar-refractivity contribution in [2.24, 2.45) is 0 Å². The Hall–Kier alpha value is -4.22. The van der Waals surface area contributed by atoms with Gasteiger partial charge in [0.25, 0.3) is 5.91 Å². The van der Waals surface area contributed by atoms with Crippen molar-refractivity contribution in [3.8, 4) is 11.8 Å². The number of rotatable bonds is 7. The molecule has 1 amide bonds. The highest BCUT2D eigenvalue weighted by atomic mass is 32.1. The number of thiophene rings is 1. The van der Waals surface area contributed by atoms with Crippen LogP contribution < -0.4 is 10.1 Å². The van der Waals surface area contributed by atoms with Crippen LogP contribution in [0.5, 0.6) is 5.75 Å². The highest BCUT2D eigenvalue weighted by molar-refractivity contribution is 7.16. The fraction of sp³-hybridized carbons (Fsp3) is 0.185. The first kappa shape index (κ1) is 25.4. The molecule has 3 aromatic rings. The Morgan fingerprint density at radius 2 is 1.77 bits per heavy atom. The van der Waals surface area contributed by atoms with Gasteiger partial charge in [0.1, 0.15) is 22.4 Å². The summed E-state index contributed by atoms with van der Waals surface area (Å²) >= 11 is 1.25. The van der Waals surface area contributed by atoms with Gasteiger partial charge in [0.05, 0.1) is 18.2 Å². The molecule has 2 aromatic carbocycles. The first-order chi connectivity index (χ1) is 16.7. The lowest BCUT2D eigenvalue weighted by atomic mass is 10.1. The molecule has 7 nitrogen and oxygen atoms in total. The van der Waals surface area contributed by atoms with Gasteiger partial charge in [0, 0.05) is 4.88 Å². The van der Waals surface area contributed by atoms with Gasteiger partial charge in [-0.15, -0.1) is 11.3 Å². The summed E-state index contributed by atoms with van der Waals surface area (Å²) in [6.07, 6.45) is 1.38. The number of hydrogen-bond donors (Lipinski definition) is 1. The Morgan fingerprint density at radius 1 is 1.06 bits per heavy atom. The number of carbonyl (C=O) groups is 3. The summed E-state index contributed by atoms with van der Waals surface area (Å²) in [5.74, 6) is -1.34. The molecule has 1 heterocycles. The smallest absolute Gasteiger partial charge is 0.343 e. The molecule has 0 saturated carbocycles. The number of amides is 1. The maximum Gasteiger partial charge on any atom is 0.343 e. The quantitative estimate of drug-likeness (QED) is 0.197. The van der Waals surface area contributed by atoms with Gasteiger partial charge in [-0.25, -0.2) is 9.59 Å². The van der Waals surface area contributed by atoms with E-state index in [-0.39, 0.29) is 22.8 Å². The van der Waals surface area contributed by atoms with Crippen LogP contribution in [0.15, 0.2) is 60.2 Å². The van der Waals surface area contributed by atoms with Crippen molar-refractivity contribution in [1.82, 2.24) is 0 Å². The van der Waals surface area contributed by atoms with Crippen molar-refractivity contribution < 1.29 is 23.9 Å². The number of hydrogen-bond acceptors (Lipinski definition) is 7. The van der Waals surface area contributed by atoms with Crippen LogP contribution in [0.2, 0.25) is 0 Å². The highest BCUT2D eigenvalue weighted by Gasteiger charge is 2.21. The molecule has 0 aliphatic rings. The van der Waals surface area contributed by atoms with E-state index in [1.807, 2.05) is 39.0 Å². The van der Waals surface area contributed by atoms with Crippen molar-refractivity contribution in [2.45, 2.75) is 26.7 Å². The molecular formula is C27H24N2O5S. The number of anilines is 1. The molecule has 0 aliphatic heterocycles. The van der Waals surface area contributed by atoms with Crippen LogP contribution >= 0.6 is 11.3 Å². The number of nitrogens with one attached hydrogen (secondary N) is 1. The third-order valence-electron chi connectivity index (χ3n) is 4.98. The molecule has 0 fully saturated rings. The number of nitriles is 1. The average Bonchev–Trinajstić information content (AvgIpc) is 3.26. The van der Waals surface area contributed by atoms with E-state index in [0.29, 0.717) is 16.1 Å². The van der Waals surface area contributed by atoms with Crippen LogP contribution in [0.25, 0.3) is 6.08 Å². The number of aryl methyl sites for hydroxylation is 1. The van der Waals surface area contributed by atoms with Crippen LogP contribution in [0.4, 0.5) is 5.00 Å². The molecule has 1 N–H and O–H groups in total. The van der Waals surface area contributed by atoms with E-state index in [1.54, 1.807) is 42.5 Å². The van der Waals surface area contributed by atoms with E-state index < -0.39 is 17.8 Å². The van der Waals surface area contributed by atoms with Crippen LogP contribution in [0.1, 0.15) is 56.5 Å². The third-order valence-corrected chi connectivity index (χ3v) is 6.34. The molecule has 0 bridgehead atoms. The monoisotopic (exact) mass is 488 g/mol. The van der Waals surface area contributed by atoms with Crippen LogP contribution in [-0.4, -0.2) is 25.0 Å². The van der Waals surface area contributed by atoms with E-state index in [4.69, 9.17) is 9.47 Å². The number of ether oxygens (including phenoxy) is 2. The third kappa shape index (κ3) is 6.43. The number of carbonyl (C=O) groups excluding carboxylic acids is 3. The topological polar surface area (TPSA) is 105 Å². The van der Waals surface area contributed by atoms with Gasteiger partial charge in [-0.1, -0.05) is 43.7 Å². The van der Waals surface area contributed by atoms with Gasteiger partial charge in [-0.2, -0.15) is 5.26 Å². The van der Waals surface area contributed by atoms with E-state index in [9.17, 15) is 19.6 Å². The second-order valence-corrected chi connectivity index (χ2v) is 9.07. The number of benzene rings is 2. The normalized spacial score (nSPS) is 11.0. The van der Waals surface area contributed by atoms with E-state index in [1.165, 1.54) is 24.5 Å². The van der Waals surface area contributed by atoms with Crippen molar-refractivity contribution in [3.05, 3.63) is 87.3 Å². The molecule has 0 radical (unpaired) electrons. The first-order valence-electron chi connectivity index (χ1n) is 10.8. The fourth-order valence-electron chi connectivity index (χ4n) is 3.06. The first-order valence-corrected chi connectivity index (χ1v) is 11.6. The highest BCUT2D eigenvalue weighted by Crippen LogP contribution is 2.33. The van der Waals surface area contributed by atoms with Crippen molar-refractivity contribution in [1.29, 1.82) is 5.26 Å². The van der Waals surface area contributed by atoms with Gasteiger partial charge in [-0.3, -0.25) is 4.79 Å². The molecule has 1 aromatic heterocycles. The predicted molar refractivity (Wildman–Crippen MR) is 135 cm³/mol. The summed E-state index contributed by atoms with van der Waals surface area (Å²) in [4.78, 5) is 38.3. The van der Waals surface area contributed by atoms with E-state index in [2.05, 4.69) is 5.32 Å². The Labute approximate surface area is 207 Å². The Morgan fingerprint density at radius 3 is 2.40 bits per heavy atom. The zero-order valence-electron chi connectivity index (χ0n) is 19.7. The largest absolute Gasteiger partial charge is 0.465 e. The SMILES string of the molecule is COC(=O)c1cc(C(C)C)sc1NC(=O)C(C#N)=Cc1cccc(OC(=O)c2ccc(C)cc2)c1. The van der Waals surface area contributed by atoms with Gasteiger partial charge in [0.2, 0.25) is 0 Å². The van der Waals surface area contributed by atoms with Crippen LogP contribution in [0.3, 0.4) is 0 Å². The average molecular weight is 489 g/mol. The number of methoxy groups -OCH3 is 1. The zero-order chi connectivity index (χ0) is 25.5. The summed E-state index contributed by atoms with van der Waals surface area (Å²) < 4.78 is 10.2. The summed E-state index contributed by atoms with van der Waals surface area (Å²) in [6.45, 7) is 5.86. The van der Waals surface area contributed by atoms with E-state index in [0.717, 1.165) is 10.4 Å². The van der Waals surface area contributed by atoms with Crippen molar-refractivity contribution >= 4 is 40.3 Å². The lowest BCUT2D eigenvalue weighted by molar-refractivity contribution is -0.112. The molecule has 0 atom stereocenters. The van der Waals surface area contributed by atoms with Gasteiger partial charge >= 0.3 is 11.9 Å². The maximum absolute atomic E-state index is 12.8. The minimum Gasteiger partial charge on any atom is -0.465 e. The van der Waals surface area contributed by atoms with Gasteiger partial charge in [-0.05, 0) is 54.8 Å². The van der Waals surface area contributed by atoms with Crippen LogP contribution in [-0.2, 0) is 9.53 Å². The zero-order valence-corrected chi connectivity index (χ0v) is 20.6. The lowest BCUT2D eigenvalue weighted by Crippen LogP contribution is -2.15. The summed E-state index contributed by atoms with van der Waals surface area (Å²) in [5.41, 5.74) is 1.98. The maximum atomic E-state index is 12.8.